The number of aliphatic hydroxyl groups is 1. The van der Waals surface area contributed by atoms with Gasteiger partial charge in [-0.15, -0.1) is 0 Å². The first-order valence-corrected chi connectivity index (χ1v) is 14.2. The van der Waals surface area contributed by atoms with Gasteiger partial charge in [0, 0.05) is 42.3 Å². The van der Waals surface area contributed by atoms with Crippen LogP contribution in [0, 0.1) is 17.5 Å². The summed E-state index contributed by atoms with van der Waals surface area (Å²) in [6.45, 7) is 2.14. The van der Waals surface area contributed by atoms with E-state index in [0.717, 1.165) is 44.4 Å². The molecule has 7 rings (SSSR count). The summed E-state index contributed by atoms with van der Waals surface area (Å²) in [5.74, 6) is -2.91. The first kappa shape index (κ1) is 27.1. The van der Waals surface area contributed by atoms with Gasteiger partial charge in [0.05, 0.1) is 17.5 Å². The highest BCUT2D eigenvalue weighted by Gasteiger charge is 2.40. The fourth-order valence-corrected chi connectivity index (χ4v) is 6.75. The molecule has 2 aromatic carbocycles. The number of likely N-dealkylation sites (tertiary alicyclic amines) is 1. The Kier molecular flexibility index (Phi) is 6.59. The van der Waals surface area contributed by atoms with Gasteiger partial charge in [-0.05, 0) is 62.9 Å². The van der Waals surface area contributed by atoms with Crippen LogP contribution in [0.25, 0.3) is 32.9 Å². The van der Waals surface area contributed by atoms with Crippen LogP contribution in [0.15, 0.2) is 30.5 Å². The van der Waals surface area contributed by atoms with Crippen LogP contribution in [0.4, 0.5) is 19.0 Å². The Morgan fingerprint density at radius 2 is 1.88 bits per heavy atom. The Bertz CT molecular complexity index is 1700. The van der Waals surface area contributed by atoms with E-state index in [1.807, 2.05) is 11.9 Å². The first-order chi connectivity index (χ1) is 20.3. The third-order valence-corrected chi connectivity index (χ3v) is 9.12. The molecule has 4 aromatic rings. The summed E-state index contributed by atoms with van der Waals surface area (Å²) in [5.41, 5.74) is -1.07. The SMILES string of the molecule is CN1CCC[C@@]1(CO)COc1nc(N2CC3CCC(C2)N3)c2cnc(-c3cc(O)cc4ccc(F)c(F)c34)c(F)c2n1. The molecule has 2 bridgehead atoms. The summed E-state index contributed by atoms with van der Waals surface area (Å²) in [6, 6.07) is 5.21. The minimum Gasteiger partial charge on any atom is -0.508 e. The highest BCUT2D eigenvalue weighted by molar-refractivity contribution is 6.00. The number of aromatic hydroxyl groups is 1. The van der Waals surface area contributed by atoms with E-state index in [4.69, 9.17) is 9.72 Å². The fourth-order valence-electron chi connectivity index (χ4n) is 6.75. The van der Waals surface area contributed by atoms with Crippen molar-refractivity contribution in [1.82, 2.24) is 25.2 Å². The van der Waals surface area contributed by atoms with Gasteiger partial charge in [-0.25, -0.2) is 13.2 Å². The second-order valence-corrected chi connectivity index (χ2v) is 11.7. The molecular weight excluding hydrogens is 549 g/mol. The number of aliphatic hydroxyl groups excluding tert-OH is 1. The predicted octanol–water partition coefficient (Wildman–Crippen LogP) is 3.74. The van der Waals surface area contributed by atoms with Crippen molar-refractivity contribution in [3.8, 4) is 23.0 Å². The predicted molar refractivity (Wildman–Crippen MR) is 151 cm³/mol. The van der Waals surface area contributed by atoms with Gasteiger partial charge in [0.1, 0.15) is 29.4 Å². The zero-order valence-electron chi connectivity index (χ0n) is 23.1. The van der Waals surface area contributed by atoms with Crippen LogP contribution < -0.4 is 15.0 Å². The number of phenolic OH excluding ortho intramolecular Hbond substituents is 1. The van der Waals surface area contributed by atoms with Crippen LogP contribution in [0.2, 0.25) is 0 Å². The van der Waals surface area contributed by atoms with E-state index >= 15 is 8.78 Å². The van der Waals surface area contributed by atoms with E-state index in [1.54, 1.807) is 0 Å². The number of anilines is 1. The summed E-state index contributed by atoms with van der Waals surface area (Å²) >= 11 is 0. The van der Waals surface area contributed by atoms with Crippen LogP contribution in [0.1, 0.15) is 25.7 Å². The number of piperazine rings is 1. The largest absolute Gasteiger partial charge is 0.508 e. The van der Waals surface area contributed by atoms with Gasteiger partial charge < -0.3 is 25.2 Å². The second-order valence-electron chi connectivity index (χ2n) is 11.7. The molecule has 0 saturated carbocycles. The number of ether oxygens (including phenoxy) is 1. The maximum absolute atomic E-state index is 16.5. The van der Waals surface area contributed by atoms with Crippen molar-refractivity contribution in [2.24, 2.45) is 0 Å². The molecule has 0 amide bonds. The van der Waals surface area contributed by atoms with Crippen LogP contribution in [-0.2, 0) is 0 Å². The van der Waals surface area contributed by atoms with Crippen molar-refractivity contribution in [2.45, 2.75) is 43.3 Å². The lowest BCUT2D eigenvalue weighted by Gasteiger charge is -2.35. The molecule has 3 atom stereocenters. The Morgan fingerprint density at radius 3 is 2.60 bits per heavy atom. The number of phenols is 1. The molecule has 2 aromatic heterocycles. The number of pyridine rings is 1. The maximum Gasteiger partial charge on any atom is 0.319 e. The average molecular weight is 581 g/mol. The number of likely N-dealkylation sites (N-methyl/N-ethyl adjacent to an activating group) is 1. The first-order valence-electron chi connectivity index (χ1n) is 14.2. The van der Waals surface area contributed by atoms with Crippen LogP contribution in [0.5, 0.6) is 11.8 Å². The minimum atomic E-state index is -1.16. The summed E-state index contributed by atoms with van der Waals surface area (Å²) in [4.78, 5) is 17.6. The van der Waals surface area contributed by atoms with Crippen LogP contribution in [0.3, 0.4) is 0 Å². The molecule has 3 aliphatic rings. The minimum absolute atomic E-state index is 0.0504. The third-order valence-electron chi connectivity index (χ3n) is 9.12. The Labute approximate surface area is 240 Å². The molecule has 3 fully saturated rings. The van der Waals surface area contributed by atoms with E-state index in [-0.39, 0.29) is 64.6 Å². The number of nitrogens with one attached hydrogen (secondary N) is 1. The van der Waals surface area contributed by atoms with E-state index in [9.17, 15) is 14.6 Å². The molecule has 12 heteroatoms. The molecule has 5 heterocycles. The second kappa shape index (κ2) is 10.2. The zero-order chi connectivity index (χ0) is 29.2. The van der Waals surface area contributed by atoms with E-state index in [1.165, 1.54) is 18.3 Å². The van der Waals surface area contributed by atoms with Gasteiger partial charge in [0.15, 0.2) is 17.5 Å². The molecular formula is C30H31F3N6O3. The Hall–Kier alpha value is -3.74. The summed E-state index contributed by atoms with van der Waals surface area (Å²) < 4.78 is 51.9. The molecule has 42 heavy (non-hydrogen) atoms. The molecule has 0 spiro atoms. The smallest absolute Gasteiger partial charge is 0.319 e. The molecule has 0 radical (unpaired) electrons. The molecule has 3 aliphatic heterocycles. The lowest BCUT2D eigenvalue weighted by atomic mass is 9.99. The number of benzene rings is 2. The highest BCUT2D eigenvalue weighted by Crippen LogP contribution is 2.39. The monoisotopic (exact) mass is 580 g/mol. The van der Waals surface area contributed by atoms with Crippen LogP contribution in [-0.4, -0.2) is 87.6 Å². The van der Waals surface area contributed by atoms with Crippen molar-refractivity contribution >= 4 is 27.5 Å². The standard InChI is InChI=1S/C30H31F3N6O3/c1-38-8-2-7-30(38,14-40)15-42-29-36-27-21(28(37-29)39-12-17-4-5-18(13-39)35-17)11-34-26(25(27)33)20-10-19(41)9-16-3-6-22(31)24(32)23(16)20/h3,6,9-11,17-18,35,40-41H,2,4-5,7-8,12-15H2,1H3/t17?,18?,30-/m1/s1. The van der Waals surface area contributed by atoms with Gasteiger partial charge in [0.25, 0.3) is 0 Å². The summed E-state index contributed by atoms with van der Waals surface area (Å²) in [5, 5.41) is 24.5. The fraction of sp³-hybridized carbons (Fsp3) is 0.433. The van der Waals surface area contributed by atoms with E-state index in [2.05, 4.69) is 20.2 Å². The molecule has 3 saturated heterocycles. The quantitative estimate of drug-likeness (QED) is 0.315. The Balaban J connectivity index is 1.38. The molecule has 3 N–H and O–H groups in total. The molecule has 0 aliphatic carbocycles. The summed E-state index contributed by atoms with van der Waals surface area (Å²) in [7, 11) is 1.93. The average Bonchev–Trinajstić information content (AvgIpc) is 3.53. The number of hydrogen-bond acceptors (Lipinski definition) is 9. The van der Waals surface area contributed by atoms with Crippen LogP contribution >= 0.6 is 0 Å². The van der Waals surface area contributed by atoms with Crippen molar-refractivity contribution < 1.29 is 28.1 Å². The highest BCUT2D eigenvalue weighted by atomic mass is 19.2. The van der Waals surface area contributed by atoms with E-state index < -0.39 is 23.0 Å². The number of fused-ring (bicyclic) bond motifs is 4. The number of rotatable bonds is 6. The lowest BCUT2D eigenvalue weighted by molar-refractivity contribution is 0.0363. The number of nitrogens with zero attached hydrogens (tertiary/aromatic N) is 5. The zero-order valence-corrected chi connectivity index (χ0v) is 23.1. The van der Waals surface area contributed by atoms with Gasteiger partial charge >= 0.3 is 6.01 Å². The normalized spacial score (nSPS) is 24.3. The van der Waals surface area contributed by atoms with Gasteiger partial charge in [0.2, 0.25) is 0 Å². The molecule has 220 valence electrons. The van der Waals surface area contributed by atoms with Crippen molar-refractivity contribution in [1.29, 1.82) is 0 Å². The topological polar surface area (TPSA) is 107 Å². The van der Waals surface area contributed by atoms with Gasteiger partial charge in [-0.2, -0.15) is 9.97 Å². The van der Waals surface area contributed by atoms with Gasteiger partial charge in [-0.1, -0.05) is 6.07 Å². The van der Waals surface area contributed by atoms with E-state index in [0.29, 0.717) is 24.3 Å². The molecule has 2 unspecified atom stereocenters. The van der Waals surface area contributed by atoms with Crippen molar-refractivity contribution in [3.05, 3.63) is 47.9 Å². The summed E-state index contributed by atoms with van der Waals surface area (Å²) in [6.07, 6.45) is 5.14. The third kappa shape index (κ3) is 4.40. The molecule has 9 nitrogen and oxygen atoms in total. The Morgan fingerprint density at radius 1 is 1.10 bits per heavy atom. The van der Waals surface area contributed by atoms with Crippen molar-refractivity contribution in [2.75, 3.05) is 44.8 Å². The number of aromatic nitrogens is 3. The van der Waals surface area contributed by atoms with Gasteiger partial charge in [-0.3, -0.25) is 9.88 Å². The number of hydrogen-bond donors (Lipinski definition) is 3. The number of halogens is 3. The lowest BCUT2D eigenvalue weighted by Crippen LogP contribution is -2.51. The van der Waals surface area contributed by atoms with Crippen molar-refractivity contribution in [3.63, 3.8) is 0 Å². The maximum atomic E-state index is 16.5.